The Morgan fingerprint density at radius 3 is 2.00 bits per heavy atom. The van der Waals surface area contributed by atoms with Gasteiger partial charge in [-0.05, 0) is 6.04 Å². The topological polar surface area (TPSA) is 0 Å². The Morgan fingerprint density at radius 1 is 1.38 bits per heavy atom. The molecule has 0 aliphatic rings. The molecule has 0 unspecified atom stereocenters. The number of halogens is 3. The van der Waals surface area contributed by atoms with E-state index in [0.717, 1.165) is 12.5 Å². The molecule has 0 heterocycles. The fraction of sp³-hybridized carbons (Fsp3) is 1.00. The number of rotatable bonds is 3. The van der Waals surface area contributed by atoms with Crippen molar-refractivity contribution < 1.29 is 0 Å². The largest absolute Gasteiger partial charge is 0.265 e. The number of hydrogen-bond acceptors (Lipinski definition) is 0. The first-order valence-electron chi connectivity index (χ1n) is 2.56. The highest BCUT2D eigenvalue weighted by Gasteiger charge is 2.25. The molecule has 0 aliphatic carbocycles. The molecule has 0 N–H and O–H groups in total. The summed E-state index contributed by atoms with van der Waals surface area (Å²) < 4.78 is 0. The zero-order valence-corrected chi connectivity index (χ0v) is 8.02. The van der Waals surface area contributed by atoms with Gasteiger partial charge in [-0.15, -0.1) is 33.8 Å². The third-order valence-electron chi connectivity index (χ3n) is 0.811. The molecule has 0 aromatic heterocycles. The van der Waals surface area contributed by atoms with Crippen molar-refractivity contribution in [2.45, 2.75) is 19.4 Å². The fourth-order valence-corrected chi connectivity index (χ4v) is 2.83. The van der Waals surface area contributed by atoms with Gasteiger partial charge >= 0.3 is 0 Å². The molecular formula is C4H9Cl3Si. The summed E-state index contributed by atoms with van der Waals surface area (Å²) in [6, 6.07) is 0.902. The average Bonchev–Trinajstić information content (AvgIpc) is 1.67. The van der Waals surface area contributed by atoms with E-state index in [9.17, 15) is 0 Å². The van der Waals surface area contributed by atoms with Crippen molar-refractivity contribution in [3.05, 3.63) is 0 Å². The molecule has 0 amide bonds. The monoisotopic (exact) mass is 190 g/mol. The van der Waals surface area contributed by atoms with Crippen molar-refractivity contribution in [2.24, 2.45) is 0 Å². The molecule has 0 saturated carbocycles. The predicted octanol–water partition coefficient (Wildman–Crippen LogP) is 3.09. The van der Waals surface area contributed by atoms with Crippen LogP contribution in [0, 0.1) is 0 Å². The van der Waals surface area contributed by atoms with Crippen molar-refractivity contribution in [1.29, 1.82) is 0 Å². The Bertz CT molecular complexity index is 64.3. The number of hydrogen-bond donors (Lipinski definition) is 0. The van der Waals surface area contributed by atoms with Crippen LogP contribution in [0.15, 0.2) is 0 Å². The Kier molecular flexibility index (Phi) is 4.53. The first kappa shape index (κ1) is 9.09. The van der Waals surface area contributed by atoms with Crippen molar-refractivity contribution in [2.75, 3.05) is 5.50 Å². The maximum Gasteiger partial charge on any atom is 0.265 e. The molecule has 0 atom stereocenters. The third kappa shape index (κ3) is 4.01. The van der Waals surface area contributed by atoms with Gasteiger partial charge in [-0.2, -0.15) is 0 Å². The zero-order chi connectivity index (χ0) is 6.62. The zero-order valence-electron chi connectivity index (χ0n) is 4.76. The highest BCUT2D eigenvalue weighted by molar-refractivity contribution is 7.46. The minimum Gasteiger partial charge on any atom is -0.145 e. The van der Waals surface area contributed by atoms with Crippen LogP contribution in [0.5, 0.6) is 0 Å². The molecule has 4 heteroatoms. The summed E-state index contributed by atoms with van der Waals surface area (Å²) >= 11 is 17.1. The predicted molar refractivity (Wildman–Crippen MR) is 43.3 cm³/mol. The van der Waals surface area contributed by atoms with Crippen LogP contribution in [-0.4, -0.2) is 12.2 Å². The van der Waals surface area contributed by atoms with Gasteiger partial charge in [0.25, 0.3) is 6.69 Å². The summed E-state index contributed by atoms with van der Waals surface area (Å²) in [6.45, 7) is 0.0872. The number of alkyl halides is 1. The molecule has 8 heavy (non-hydrogen) atoms. The van der Waals surface area contributed by atoms with E-state index in [1.165, 1.54) is 0 Å². The van der Waals surface area contributed by atoms with Crippen molar-refractivity contribution in [1.82, 2.24) is 0 Å². The van der Waals surface area contributed by atoms with Crippen molar-refractivity contribution in [3.8, 4) is 0 Å². The van der Waals surface area contributed by atoms with E-state index in [4.69, 9.17) is 33.8 Å². The van der Waals surface area contributed by atoms with Crippen LogP contribution < -0.4 is 0 Å². The lowest BCUT2D eigenvalue weighted by molar-refractivity contribution is 1.07. The first-order valence-corrected chi connectivity index (χ1v) is 7.53. The molecule has 0 radical (unpaired) electrons. The van der Waals surface area contributed by atoms with E-state index in [1.54, 1.807) is 0 Å². The molecule has 0 bridgehead atoms. The quantitative estimate of drug-likeness (QED) is 0.365. The molecule has 0 rings (SSSR count). The Morgan fingerprint density at radius 2 is 1.88 bits per heavy atom. The molecule has 0 nitrogen and oxygen atoms in total. The minimum absolute atomic E-state index is 0.448. The summed E-state index contributed by atoms with van der Waals surface area (Å²) in [5.74, 6) is 0. The van der Waals surface area contributed by atoms with E-state index in [2.05, 4.69) is 6.92 Å². The van der Waals surface area contributed by atoms with Crippen molar-refractivity contribution in [3.63, 3.8) is 0 Å². The SMILES string of the molecule is CCC[Si](Cl)(Cl)CCl. The van der Waals surface area contributed by atoms with E-state index < -0.39 is 6.69 Å². The van der Waals surface area contributed by atoms with Crippen LogP contribution in [0.1, 0.15) is 13.3 Å². The Balaban J connectivity index is 3.37. The van der Waals surface area contributed by atoms with Gasteiger partial charge in [0.15, 0.2) is 0 Å². The summed E-state index contributed by atoms with van der Waals surface area (Å²) in [7, 11) is 0. The second-order valence-electron chi connectivity index (χ2n) is 1.74. The van der Waals surface area contributed by atoms with E-state index >= 15 is 0 Å². The van der Waals surface area contributed by atoms with Gasteiger partial charge in [0.1, 0.15) is 0 Å². The Hall–Kier alpha value is 1.09. The van der Waals surface area contributed by atoms with E-state index in [0.29, 0.717) is 5.50 Å². The van der Waals surface area contributed by atoms with Crippen LogP contribution in [0.3, 0.4) is 0 Å². The fourth-order valence-electron chi connectivity index (χ4n) is 0.433. The second kappa shape index (κ2) is 3.99. The Labute approximate surface area is 65.5 Å². The molecule has 50 valence electrons. The van der Waals surface area contributed by atoms with Gasteiger partial charge in [-0.25, -0.2) is 0 Å². The first-order chi connectivity index (χ1) is 3.62. The smallest absolute Gasteiger partial charge is 0.145 e. The van der Waals surface area contributed by atoms with Gasteiger partial charge in [-0.1, -0.05) is 13.3 Å². The van der Waals surface area contributed by atoms with Crippen LogP contribution in [0.25, 0.3) is 0 Å². The van der Waals surface area contributed by atoms with Crippen LogP contribution >= 0.6 is 33.8 Å². The molecule has 0 spiro atoms. The lowest BCUT2D eigenvalue weighted by Crippen LogP contribution is -2.20. The van der Waals surface area contributed by atoms with Gasteiger partial charge < -0.3 is 0 Å². The van der Waals surface area contributed by atoms with Crippen molar-refractivity contribution >= 4 is 40.5 Å². The maximum absolute atomic E-state index is 5.79. The van der Waals surface area contributed by atoms with Gasteiger partial charge in [0.2, 0.25) is 0 Å². The van der Waals surface area contributed by atoms with E-state index in [-0.39, 0.29) is 0 Å². The van der Waals surface area contributed by atoms with Gasteiger partial charge in [0.05, 0.1) is 0 Å². The summed E-state index contributed by atoms with van der Waals surface area (Å²) in [5.41, 5.74) is 0.448. The average molecular weight is 192 g/mol. The van der Waals surface area contributed by atoms with Crippen LogP contribution in [-0.2, 0) is 0 Å². The standard InChI is InChI=1S/C4H9Cl3Si/c1-2-3-8(6,7)4-5/h2-4H2,1H3. The highest BCUT2D eigenvalue weighted by atomic mass is 35.7. The third-order valence-corrected chi connectivity index (χ3v) is 6.56. The molecule has 0 saturated heterocycles. The molecule has 0 aliphatic heterocycles. The summed E-state index contributed by atoms with van der Waals surface area (Å²) in [6.07, 6.45) is 1.03. The maximum atomic E-state index is 5.79. The lowest BCUT2D eigenvalue weighted by atomic mass is 10.6. The van der Waals surface area contributed by atoms with Gasteiger partial charge in [-0.3, -0.25) is 0 Å². The lowest BCUT2D eigenvalue weighted by Gasteiger charge is -2.09. The van der Waals surface area contributed by atoms with Crippen LogP contribution in [0.4, 0.5) is 0 Å². The molecule has 0 aromatic carbocycles. The minimum atomic E-state index is -1.97. The molecule has 0 fully saturated rings. The van der Waals surface area contributed by atoms with E-state index in [1.807, 2.05) is 0 Å². The molecular weight excluding hydrogens is 182 g/mol. The summed E-state index contributed by atoms with van der Waals surface area (Å²) in [4.78, 5) is 0. The highest BCUT2D eigenvalue weighted by Crippen LogP contribution is 2.22. The van der Waals surface area contributed by atoms with Crippen LogP contribution in [0.2, 0.25) is 6.04 Å². The second-order valence-corrected chi connectivity index (χ2v) is 9.94. The van der Waals surface area contributed by atoms with Gasteiger partial charge in [0, 0.05) is 5.50 Å². The molecule has 0 aromatic rings. The normalized spacial score (nSPS) is 12.0. The summed E-state index contributed by atoms with van der Waals surface area (Å²) in [5, 5.41) is 0.